The van der Waals surface area contributed by atoms with Gasteiger partial charge in [0.2, 0.25) is 0 Å². The van der Waals surface area contributed by atoms with Gasteiger partial charge in [-0.15, -0.1) is 0 Å². The van der Waals surface area contributed by atoms with E-state index in [2.05, 4.69) is 4.40 Å². The average molecular weight is 274 g/mol. The fraction of sp³-hybridized carbons (Fsp3) is 0.417. The first kappa shape index (κ1) is 14.2. The van der Waals surface area contributed by atoms with Gasteiger partial charge in [-0.05, 0) is 39.0 Å². The Bertz CT molecular complexity index is 452. The number of benzene rings is 1. The van der Waals surface area contributed by atoms with Crippen LogP contribution in [0, 0.1) is 0 Å². The minimum atomic E-state index is -1.28. The summed E-state index contributed by atoms with van der Waals surface area (Å²) >= 11 is 5.89. The summed E-state index contributed by atoms with van der Waals surface area (Å²) in [6.45, 7) is 5.61. The molecule has 1 aromatic carbocycles. The summed E-state index contributed by atoms with van der Waals surface area (Å²) in [6.07, 6.45) is 1.53. The molecule has 0 heterocycles. The molecule has 0 aliphatic carbocycles. The van der Waals surface area contributed by atoms with Gasteiger partial charge in [-0.2, -0.15) is 4.40 Å². The number of hydrogen-bond acceptors (Lipinski definition) is 2. The average Bonchev–Trinajstić information content (AvgIpc) is 2.24. The maximum absolute atomic E-state index is 11.8. The Morgan fingerprint density at radius 3 is 2.59 bits per heavy atom. The second-order valence-corrected chi connectivity index (χ2v) is 6.85. The van der Waals surface area contributed by atoms with Crippen LogP contribution in [0.25, 0.3) is 0 Å². The Kier molecular flexibility index (Phi) is 4.71. The molecule has 0 aromatic heterocycles. The molecule has 0 saturated carbocycles. The third-order valence-corrected chi connectivity index (χ3v) is 3.58. The van der Waals surface area contributed by atoms with Gasteiger partial charge < -0.3 is 4.74 Å². The molecule has 0 spiro atoms. The first-order valence-corrected chi connectivity index (χ1v) is 6.62. The fourth-order valence-electron chi connectivity index (χ4n) is 1.07. The summed E-state index contributed by atoms with van der Waals surface area (Å²) in [5.74, 6) is 0.657. The predicted octanol–water partition coefficient (Wildman–Crippen LogP) is 3.23. The molecular weight excluding hydrogens is 258 g/mol. The molecule has 1 aromatic rings. The number of nitrogens with zero attached hydrogens (tertiary/aromatic N) is 1. The predicted molar refractivity (Wildman–Crippen MR) is 73.5 cm³/mol. The molecule has 0 fully saturated rings. The monoisotopic (exact) mass is 273 g/mol. The summed E-state index contributed by atoms with van der Waals surface area (Å²) in [4.78, 5) is 0. The molecule has 0 radical (unpaired) electrons. The zero-order valence-electron chi connectivity index (χ0n) is 10.4. The molecule has 0 bridgehead atoms. The molecule has 1 rings (SSSR count). The topological polar surface area (TPSA) is 38.7 Å². The van der Waals surface area contributed by atoms with Crippen LogP contribution in [0.4, 0.5) is 0 Å². The van der Waals surface area contributed by atoms with Crippen molar-refractivity contribution in [2.24, 2.45) is 4.40 Å². The van der Waals surface area contributed by atoms with Crippen LogP contribution in [0.2, 0.25) is 5.02 Å². The molecule has 1 atom stereocenters. The molecule has 94 valence electrons. The van der Waals surface area contributed by atoms with Crippen molar-refractivity contribution < 1.29 is 8.95 Å². The first-order chi connectivity index (χ1) is 7.84. The molecule has 0 saturated heterocycles. The van der Waals surface area contributed by atoms with Crippen molar-refractivity contribution in [1.82, 2.24) is 0 Å². The molecule has 0 unspecified atom stereocenters. The Morgan fingerprint density at radius 2 is 2.06 bits per heavy atom. The fourth-order valence-corrected chi connectivity index (χ4v) is 1.77. The van der Waals surface area contributed by atoms with E-state index in [9.17, 15) is 4.21 Å². The van der Waals surface area contributed by atoms with E-state index in [0.717, 1.165) is 5.56 Å². The quantitative estimate of drug-likeness (QED) is 0.793. The highest BCUT2D eigenvalue weighted by Crippen LogP contribution is 2.21. The van der Waals surface area contributed by atoms with Crippen LogP contribution in [0.5, 0.6) is 5.75 Å². The molecule has 0 aliphatic rings. The van der Waals surface area contributed by atoms with Crippen molar-refractivity contribution in [1.29, 1.82) is 0 Å². The van der Waals surface area contributed by atoms with Crippen LogP contribution >= 0.6 is 11.6 Å². The Labute approximate surface area is 109 Å². The van der Waals surface area contributed by atoms with E-state index in [0.29, 0.717) is 10.8 Å². The van der Waals surface area contributed by atoms with Crippen LogP contribution < -0.4 is 4.74 Å². The van der Waals surface area contributed by atoms with Gasteiger partial charge >= 0.3 is 0 Å². The summed E-state index contributed by atoms with van der Waals surface area (Å²) < 4.78 is 20.6. The minimum absolute atomic E-state index is 0.373. The molecule has 0 N–H and O–H groups in total. The molecule has 3 nitrogen and oxygen atoms in total. The van der Waals surface area contributed by atoms with Gasteiger partial charge in [-0.25, -0.2) is 4.21 Å². The van der Waals surface area contributed by atoms with E-state index in [1.165, 1.54) is 6.21 Å². The van der Waals surface area contributed by atoms with E-state index in [-0.39, 0.29) is 4.75 Å². The lowest BCUT2D eigenvalue weighted by atomic mass is 10.2. The van der Waals surface area contributed by atoms with E-state index >= 15 is 0 Å². The third kappa shape index (κ3) is 4.13. The van der Waals surface area contributed by atoms with Crippen LogP contribution in [0.1, 0.15) is 26.3 Å². The van der Waals surface area contributed by atoms with E-state index in [1.807, 2.05) is 20.8 Å². The second kappa shape index (κ2) is 5.65. The highest BCUT2D eigenvalue weighted by molar-refractivity contribution is 7.85. The Hall–Kier alpha value is -0.870. The van der Waals surface area contributed by atoms with Crippen molar-refractivity contribution in [3.63, 3.8) is 0 Å². The first-order valence-electron chi connectivity index (χ1n) is 5.14. The van der Waals surface area contributed by atoms with Gasteiger partial charge in [0.05, 0.1) is 11.9 Å². The van der Waals surface area contributed by atoms with Gasteiger partial charge in [0.1, 0.15) is 16.7 Å². The number of ether oxygens (including phenoxy) is 1. The lowest BCUT2D eigenvalue weighted by Gasteiger charge is -2.13. The van der Waals surface area contributed by atoms with E-state index in [4.69, 9.17) is 16.3 Å². The molecule has 17 heavy (non-hydrogen) atoms. The van der Waals surface area contributed by atoms with Crippen molar-refractivity contribution in [3.8, 4) is 5.75 Å². The molecule has 5 heteroatoms. The summed E-state index contributed by atoms with van der Waals surface area (Å²) in [6, 6.07) is 5.21. The van der Waals surface area contributed by atoms with Crippen LogP contribution in [0.15, 0.2) is 22.6 Å². The van der Waals surface area contributed by atoms with E-state index in [1.54, 1.807) is 25.3 Å². The Morgan fingerprint density at radius 1 is 1.41 bits per heavy atom. The highest BCUT2D eigenvalue weighted by Gasteiger charge is 2.18. The standard InChI is InChI=1S/C12H16ClNO2S/c1-12(2,3)17(15)14-8-9-7-10(13)5-6-11(9)16-4/h5-8H,1-4H3/t17-/m0/s1. The van der Waals surface area contributed by atoms with Crippen LogP contribution in [-0.2, 0) is 11.0 Å². The maximum Gasteiger partial charge on any atom is 0.144 e. The molecular formula is C12H16ClNO2S. The largest absolute Gasteiger partial charge is 0.496 e. The number of halogens is 1. The Balaban J connectivity index is 2.98. The highest BCUT2D eigenvalue weighted by atomic mass is 35.5. The minimum Gasteiger partial charge on any atom is -0.496 e. The lowest BCUT2D eigenvalue weighted by Crippen LogP contribution is -2.19. The number of methoxy groups -OCH3 is 1. The smallest absolute Gasteiger partial charge is 0.144 e. The zero-order chi connectivity index (χ0) is 13.1. The summed E-state index contributed by atoms with van der Waals surface area (Å²) in [7, 11) is 0.287. The normalized spacial score (nSPS) is 13.9. The van der Waals surface area contributed by atoms with E-state index < -0.39 is 11.0 Å². The summed E-state index contributed by atoms with van der Waals surface area (Å²) in [5, 5.41) is 0.591. The van der Waals surface area contributed by atoms with Gasteiger partial charge in [0.15, 0.2) is 0 Å². The second-order valence-electron chi connectivity index (χ2n) is 4.48. The number of rotatable bonds is 3. The van der Waals surface area contributed by atoms with Gasteiger partial charge in [0.25, 0.3) is 0 Å². The van der Waals surface area contributed by atoms with Crippen molar-refractivity contribution >= 4 is 28.8 Å². The van der Waals surface area contributed by atoms with Gasteiger partial charge in [-0.1, -0.05) is 11.6 Å². The molecule has 0 aliphatic heterocycles. The maximum atomic E-state index is 11.8. The van der Waals surface area contributed by atoms with Crippen molar-refractivity contribution in [3.05, 3.63) is 28.8 Å². The third-order valence-electron chi connectivity index (χ3n) is 2.00. The van der Waals surface area contributed by atoms with Crippen LogP contribution in [-0.4, -0.2) is 22.3 Å². The lowest BCUT2D eigenvalue weighted by molar-refractivity contribution is 0.414. The zero-order valence-corrected chi connectivity index (χ0v) is 11.9. The van der Waals surface area contributed by atoms with Gasteiger partial charge in [0, 0.05) is 16.8 Å². The van der Waals surface area contributed by atoms with Crippen LogP contribution in [0.3, 0.4) is 0 Å². The van der Waals surface area contributed by atoms with Crippen molar-refractivity contribution in [2.75, 3.05) is 7.11 Å². The molecule has 0 amide bonds. The number of hydrogen-bond donors (Lipinski definition) is 0. The SMILES string of the molecule is COc1ccc(Cl)cc1C=N[S@@](=O)C(C)(C)C. The van der Waals surface area contributed by atoms with Gasteiger partial charge in [-0.3, -0.25) is 0 Å². The van der Waals surface area contributed by atoms with Crippen molar-refractivity contribution in [2.45, 2.75) is 25.5 Å². The summed E-state index contributed by atoms with van der Waals surface area (Å²) in [5.41, 5.74) is 0.720.